The Balaban J connectivity index is 1.80. The lowest BCUT2D eigenvalue weighted by molar-refractivity contribution is 0.100. The third kappa shape index (κ3) is 2.73. The van der Waals surface area contributed by atoms with Crippen LogP contribution in [0.2, 0.25) is 0 Å². The molecule has 1 aromatic heterocycles. The second kappa shape index (κ2) is 5.30. The first-order valence-corrected chi connectivity index (χ1v) is 6.16. The Morgan fingerprint density at radius 2 is 2.06 bits per heavy atom. The smallest absolute Gasteiger partial charge is 0.176 e. The van der Waals surface area contributed by atoms with Crippen molar-refractivity contribution >= 4 is 5.78 Å². The van der Waals surface area contributed by atoms with Gasteiger partial charge in [-0.25, -0.2) is 0 Å². The zero-order valence-electron chi connectivity index (χ0n) is 9.98. The van der Waals surface area contributed by atoms with Crippen LogP contribution in [0.1, 0.15) is 36.7 Å². The molecular formula is C13H20N2O. The molecule has 1 aliphatic heterocycles. The molecule has 3 nitrogen and oxygen atoms in total. The number of hydrogen-bond donors (Lipinski definition) is 0. The predicted molar refractivity (Wildman–Crippen MR) is 64.7 cm³/mol. The number of carbonyl (C=O) groups excluding carboxylic acids is 1. The van der Waals surface area contributed by atoms with Crippen molar-refractivity contribution in [1.82, 2.24) is 9.47 Å². The molecule has 0 bridgehead atoms. The molecule has 1 aliphatic rings. The van der Waals surface area contributed by atoms with Crippen molar-refractivity contribution in [2.24, 2.45) is 0 Å². The van der Waals surface area contributed by atoms with Crippen LogP contribution in [0.5, 0.6) is 0 Å². The number of carbonyl (C=O) groups is 1. The summed E-state index contributed by atoms with van der Waals surface area (Å²) in [6.07, 6.45) is 5.83. The van der Waals surface area contributed by atoms with Gasteiger partial charge in [-0.1, -0.05) is 0 Å². The molecule has 0 amide bonds. The molecule has 88 valence electrons. The van der Waals surface area contributed by atoms with Crippen molar-refractivity contribution < 1.29 is 4.79 Å². The molecule has 0 radical (unpaired) electrons. The van der Waals surface area contributed by atoms with Crippen LogP contribution in [0.3, 0.4) is 0 Å². The van der Waals surface area contributed by atoms with Crippen LogP contribution in [0.4, 0.5) is 0 Å². The van der Waals surface area contributed by atoms with Gasteiger partial charge in [0, 0.05) is 19.7 Å². The highest BCUT2D eigenvalue weighted by atomic mass is 16.1. The standard InChI is InChI=1S/C13H20N2O/c1-12(16)13-6-4-10-15(13)11-5-9-14-7-2-3-8-14/h4,6,10H,2-3,5,7-9,11H2,1H3. The van der Waals surface area contributed by atoms with Gasteiger partial charge >= 0.3 is 0 Å². The summed E-state index contributed by atoms with van der Waals surface area (Å²) in [6, 6.07) is 3.85. The molecule has 0 saturated carbocycles. The zero-order chi connectivity index (χ0) is 11.4. The third-order valence-corrected chi connectivity index (χ3v) is 3.26. The highest BCUT2D eigenvalue weighted by Gasteiger charge is 2.11. The Morgan fingerprint density at radius 1 is 1.31 bits per heavy atom. The number of likely N-dealkylation sites (tertiary alicyclic amines) is 1. The van der Waals surface area contributed by atoms with Crippen LogP contribution in [-0.2, 0) is 6.54 Å². The van der Waals surface area contributed by atoms with Crippen LogP contribution < -0.4 is 0 Å². The summed E-state index contributed by atoms with van der Waals surface area (Å²) in [7, 11) is 0. The van der Waals surface area contributed by atoms with Gasteiger partial charge in [-0.15, -0.1) is 0 Å². The highest BCUT2D eigenvalue weighted by Crippen LogP contribution is 2.09. The average Bonchev–Trinajstić information content (AvgIpc) is 2.87. The summed E-state index contributed by atoms with van der Waals surface area (Å²) in [5.74, 6) is 0.158. The summed E-state index contributed by atoms with van der Waals surface area (Å²) >= 11 is 0. The Hall–Kier alpha value is -1.09. The second-order valence-corrected chi connectivity index (χ2v) is 4.55. The summed E-state index contributed by atoms with van der Waals surface area (Å²) < 4.78 is 2.07. The maximum atomic E-state index is 11.3. The first kappa shape index (κ1) is 11.4. The lowest BCUT2D eigenvalue weighted by Gasteiger charge is -2.15. The molecule has 2 heterocycles. The van der Waals surface area contributed by atoms with Crippen molar-refractivity contribution in [3.8, 4) is 0 Å². The molecular weight excluding hydrogens is 200 g/mol. The van der Waals surface area contributed by atoms with E-state index in [1.54, 1.807) is 6.92 Å². The van der Waals surface area contributed by atoms with Gasteiger partial charge in [0.2, 0.25) is 0 Å². The highest BCUT2D eigenvalue weighted by molar-refractivity contribution is 5.92. The summed E-state index contributed by atoms with van der Waals surface area (Å²) in [4.78, 5) is 13.8. The van der Waals surface area contributed by atoms with Crippen LogP contribution in [-0.4, -0.2) is 34.9 Å². The monoisotopic (exact) mass is 220 g/mol. The van der Waals surface area contributed by atoms with Crippen molar-refractivity contribution in [3.05, 3.63) is 24.0 Å². The Labute approximate surface area is 97.1 Å². The number of Topliss-reactive ketones (excluding diaryl/α,β-unsaturated/α-hetero) is 1. The Bertz CT molecular complexity index is 351. The van der Waals surface area contributed by atoms with Crippen molar-refractivity contribution in [1.29, 1.82) is 0 Å². The van der Waals surface area contributed by atoms with E-state index in [0.717, 1.165) is 25.2 Å². The summed E-state index contributed by atoms with van der Waals surface area (Å²) in [5, 5.41) is 0. The minimum absolute atomic E-state index is 0.158. The molecule has 0 aliphatic carbocycles. The van der Waals surface area contributed by atoms with E-state index >= 15 is 0 Å². The van der Waals surface area contributed by atoms with Crippen molar-refractivity contribution in [3.63, 3.8) is 0 Å². The molecule has 0 N–H and O–H groups in total. The van der Waals surface area contributed by atoms with E-state index in [1.165, 1.54) is 25.9 Å². The van der Waals surface area contributed by atoms with Crippen molar-refractivity contribution in [2.45, 2.75) is 32.7 Å². The number of rotatable bonds is 5. The van der Waals surface area contributed by atoms with E-state index in [-0.39, 0.29) is 5.78 Å². The number of ketones is 1. The van der Waals surface area contributed by atoms with Gasteiger partial charge in [-0.3, -0.25) is 4.79 Å². The van der Waals surface area contributed by atoms with Gasteiger partial charge in [0.05, 0.1) is 5.69 Å². The van der Waals surface area contributed by atoms with Gasteiger partial charge in [0.15, 0.2) is 5.78 Å². The maximum Gasteiger partial charge on any atom is 0.176 e. The predicted octanol–water partition coefficient (Wildman–Crippen LogP) is 2.18. The third-order valence-electron chi connectivity index (χ3n) is 3.26. The fourth-order valence-electron chi connectivity index (χ4n) is 2.40. The molecule has 0 spiro atoms. The summed E-state index contributed by atoms with van der Waals surface area (Å²) in [6.45, 7) is 6.26. The first-order valence-electron chi connectivity index (χ1n) is 6.16. The minimum Gasteiger partial charge on any atom is -0.345 e. The summed E-state index contributed by atoms with van der Waals surface area (Å²) in [5.41, 5.74) is 0.835. The van der Waals surface area contributed by atoms with E-state index in [0.29, 0.717) is 0 Å². The largest absolute Gasteiger partial charge is 0.345 e. The molecule has 0 aromatic carbocycles. The maximum absolute atomic E-state index is 11.3. The van der Waals surface area contributed by atoms with E-state index in [1.807, 2.05) is 18.3 Å². The molecule has 3 heteroatoms. The number of hydrogen-bond acceptors (Lipinski definition) is 2. The van der Waals surface area contributed by atoms with E-state index in [4.69, 9.17) is 0 Å². The second-order valence-electron chi connectivity index (χ2n) is 4.55. The van der Waals surface area contributed by atoms with Crippen LogP contribution in [0.25, 0.3) is 0 Å². The van der Waals surface area contributed by atoms with E-state index in [9.17, 15) is 4.79 Å². The normalized spacial score (nSPS) is 16.8. The lowest BCUT2D eigenvalue weighted by atomic mass is 10.3. The lowest BCUT2D eigenvalue weighted by Crippen LogP contribution is -2.21. The molecule has 2 rings (SSSR count). The van der Waals surface area contributed by atoms with Gasteiger partial charge in [0.25, 0.3) is 0 Å². The average molecular weight is 220 g/mol. The SMILES string of the molecule is CC(=O)c1cccn1CCCN1CCCC1. The van der Waals surface area contributed by atoms with Gasteiger partial charge < -0.3 is 9.47 Å². The van der Waals surface area contributed by atoms with Gasteiger partial charge in [-0.05, 0) is 51.0 Å². The zero-order valence-corrected chi connectivity index (χ0v) is 9.98. The molecule has 16 heavy (non-hydrogen) atoms. The van der Waals surface area contributed by atoms with Crippen LogP contribution in [0, 0.1) is 0 Å². The number of aromatic nitrogens is 1. The number of nitrogens with zero attached hydrogens (tertiary/aromatic N) is 2. The minimum atomic E-state index is 0.158. The van der Waals surface area contributed by atoms with E-state index in [2.05, 4.69) is 9.47 Å². The topological polar surface area (TPSA) is 25.2 Å². The van der Waals surface area contributed by atoms with Crippen LogP contribution in [0.15, 0.2) is 18.3 Å². The quantitative estimate of drug-likeness (QED) is 0.711. The first-order chi connectivity index (χ1) is 7.77. The molecule has 0 unspecified atom stereocenters. The molecule has 1 fully saturated rings. The Morgan fingerprint density at radius 3 is 2.75 bits per heavy atom. The van der Waals surface area contributed by atoms with Crippen LogP contribution >= 0.6 is 0 Å². The molecule has 1 saturated heterocycles. The van der Waals surface area contributed by atoms with E-state index < -0.39 is 0 Å². The fourth-order valence-corrected chi connectivity index (χ4v) is 2.40. The Kier molecular flexibility index (Phi) is 3.78. The van der Waals surface area contributed by atoms with Gasteiger partial charge in [0.1, 0.15) is 0 Å². The van der Waals surface area contributed by atoms with Crippen molar-refractivity contribution in [2.75, 3.05) is 19.6 Å². The molecule has 0 atom stereocenters. The fraction of sp³-hybridized carbons (Fsp3) is 0.615. The number of aryl methyl sites for hydroxylation is 1. The van der Waals surface area contributed by atoms with Gasteiger partial charge in [-0.2, -0.15) is 0 Å². The molecule has 1 aromatic rings.